The van der Waals surface area contributed by atoms with Crippen molar-refractivity contribution in [3.8, 4) is 0 Å². The van der Waals surface area contributed by atoms with Crippen LogP contribution in [0.4, 0.5) is 17.1 Å². The number of benzene rings is 2. The zero-order chi connectivity index (χ0) is 19.6. The minimum atomic E-state index is -0.424. The Bertz CT molecular complexity index is 874. The first-order valence-electron chi connectivity index (χ1n) is 8.85. The van der Waals surface area contributed by atoms with Gasteiger partial charge in [-0.3, -0.25) is 14.4 Å². The molecule has 1 aliphatic heterocycles. The number of nitrogens with zero attached hydrogens (tertiary/aromatic N) is 2. The lowest BCUT2D eigenvalue weighted by molar-refractivity contribution is -0.122. The lowest BCUT2D eigenvalue weighted by atomic mass is 10.1. The molecule has 6 nitrogen and oxygen atoms in total. The molecule has 1 unspecified atom stereocenters. The van der Waals surface area contributed by atoms with E-state index in [0.29, 0.717) is 23.5 Å². The second-order valence-corrected chi connectivity index (χ2v) is 6.94. The molecule has 140 valence electrons. The summed E-state index contributed by atoms with van der Waals surface area (Å²) in [5.41, 5.74) is 2.95. The van der Waals surface area contributed by atoms with Crippen molar-refractivity contribution in [1.82, 2.24) is 0 Å². The van der Waals surface area contributed by atoms with E-state index in [1.165, 1.54) is 6.92 Å². The van der Waals surface area contributed by atoms with E-state index < -0.39 is 5.92 Å². The zero-order valence-electron chi connectivity index (χ0n) is 15.7. The Balaban J connectivity index is 1.68. The van der Waals surface area contributed by atoms with Crippen LogP contribution in [0.15, 0.2) is 48.5 Å². The lowest BCUT2D eigenvalue weighted by Gasteiger charge is -2.17. The van der Waals surface area contributed by atoms with E-state index in [1.807, 2.05) is 43.3 Å². The van der Waals surface area contributed by atoms with Crippen LogP contribution >= 0.6 is 0 Å². The van der Waals surface area contributed by atoms with Crippen LogP contribution in [0.3, 0.4) is 0 Å². The van der Waals surface area contributed by atoms with Gasteiger partial charge in [0, 0.05) is 49.7 Å². The number of ketones is 1. The average Bonchev–Trinajstić information content (AvgIpc) is 3.04. The second-order valence-electron chi connectivity index (χ2n) is 6.94. The molecule has 2 amide bonds. The Hall–Kier alpha value is -3.15. The highest BCUT2D eigenvalue weighted by atomic mass is 16.2. The fraction of sp³-hybridized carbons (Fsp3) is 0.286. The Morgan fingerprint density at radius 2 is 1.81 bits per heavy atom. The van der Waals surface area contributed by atoms with Crippen LogP contribution in [0.5, 0.6) is 0 Å². The Morgan fingerprint density at radius 1 is 1.11 bits per heavy atom. The number of hydrogen-bond donors (Lipinski definition) is 1. The van der Waals surface area contributed by atoms with Gasteiger partial charge in [0.2, 0.25) is 11.8 Å². The summed E-state index contributed by atoms with van der Waals surface area (Å²) >= 11 is 0. The molecule has 0 bridgehead atoms. The molecule has 27 heavy (non-hydrogen) atoms. The molecule has 2 aromatic rings. The van der Waals surface area contributed by atoms with Crippen LogP contribution in [-0.4, -0.2) is 38.2 Å². The molecule has 1 heterocycles. The summed E-state index contributed by atoms with van der Waals surface area (Å²) in [6.07, 6.45) is 0.159. The summed E-state index contributed by atoms with van der Waals surface area (Å²) in [6, 6.07) is 14.5. The van der Waals surface area contributed by atoms with Gasteiger partial charge in [-0.05, 0) is 43.3 Å². The van der Waals surface area contributed by atoms with E-state index in [1.54, 1.807) is 29.2 Å². The minimum Gasteiger partial charge on any atom is -0.378 e. The summed E-state index contributed by atoms with van der Waals surface area (Å²) in [6.45, 7) is 1.80. The predicted molar refractivity (Wildman–Crippen MR) is 106 cm³/mol. The smallest absolute Gasteiger partial charge is 0.229 e. The SMILES string of the molecule is CC(=O)c1cccc(N2CC(C(=O)Nc3ccc(N(C)C)cc3)CC2=O)c1. The van der Waals surface area contributed by atoms with Gasteiger partial charge in [-0.15, -0.1) is 0 Å². The Kier molecular flexibility index (Phi) is 5.26. The summed E-state index contributed by atoms with van der Waals surface area (Å²) in [4.78, 5) is 40.1. The molecule has 0 aromatic heterocycles. The fourth-order valence-electron chi connectivity index (χ4n) is 3.11. The van der Waals surface area contributed by atoms with Gasteiger partial charge in [-0.2, -0.15) is 0 Å². The summed E-state index contributed by atoms with van der Waals surface area (Å²) in [5.74, 6) is -0.768. The zero-order valence-corrected chi connectivity index (χ0v) is 15.7. The van der Waals surface area contributed by atoms with Crippen LogP contribution in [0.1, 0.15) is 23.7 Å². The number of anilines is 3. The van der Waals surface area contributed by atoms with Gasteiger partial charge < -0.3 is 15.1 Å². The third-order valence-corrected chi connectivity index (χ3v) is 4.71. The van der Waals surface area contributed by atoms with E-state index in [9.17, 15) is 14.4 Å². The Morgan fingerprint density at radius 3 is 2.44 bits per heavy atom. The van der Waals surface area contributed by atoms with E-state index in [0.717, 1.165) is 5.69 Å². The number of nitrogens with one attached hydrogen (secondary N) is 1. The first kappa shape index (κ1) is 18.6. The molecule has 2 aromatic carbocycles. The number of carbonyl (C=O) groups is 3. The monoisotopic (exact) mass is 365 g/mol. The first-order chi connectivity index (χ1) is 12.8. The van der Waals surface area contributed by atoms with Gasteiger partial charge in [0.05, 0.1) is 5.92 Å². The molecule has 1 aliphatic rings. The van der Waals surface area contributed by atoms with Crippen molar-refractivity contribution in [3.63, 3.8) is 0 Å². The standard InChI is InChI=1S/C21H23N3O3/c1-14(25)15-5-4-6-19(11-15)24-13-16(12-20(24)26)21(27)22-17-7-9-18(10-8-17)23(2)3/h4-11,16H,12-13H2,1-3H3,(H,22,27). The summed E-state index contributed by atoms with van der Waals surface area (Å²) in [7, 11) is 3.90. The van der Waals surface area contributed by atoms with Crippen LogP contribution in [0, 0.1) is 5.92 Å². The summed E-state index contributed by atoms with van der Waals surface area (Å²) < 4.78 is 0. The topological polar surface area (TPSA) is 69.7 Å². The van der Waals surface area contributed by atoms with E-state index in [4.69, 9.17) is 0 Å². The third kappa shape index (κ3) is 4.16. The number of hydrogen-bond acceptors (Lipinski definition) is 4. The Labute approximate surface area is 158 Å². The maximum atomic E-state index is 12.6. The van der Waals surface area contributed by atoms with Crippen LogP contribution < -0.4 is 15.1 Å². The minimum absolute atomic E-state index is 0.0565. The predicted octanol–water partition coefficient (Wildman–Crippen LogP) is 2.95. The van der Waals surface area contributed by atoms with Crippen molar-refractivity contribution in [2.75, 3.05) is 35.8 Å². The highest BCUT2D eigenvalue weighted by Crippen LogP contribution is 2.27. The van der Waals surface area contributed by atoms with Gasteiger partial charge >= 0.3 is 0 Å². The van der Waals surface area contributed by atoms with Gasteiger partial charge in [0.25, 0.3) is 0 Å². The van der Waals surface area contributed by atoms with Crippen LogP contribution in [0.25, 0.3) is 0 Å². The quantitative estimate of drug-likeness (QED) is 0.827. The number of Topliss-reactive ketones (excluding diaryl/α,β-unsaturated/α-hetero) is 1. The van der Waals surface area contributed by atoms with Crippen molar-refractivity contribution < 1.29 is 14.4 Å². The fourth-order valence-corrected chi connectivity index (χ4v) is 3.11. The molecule has 0 spiro atoms. The van der Waals surface area contributed by atoms with Gasteiger partial charge in [-0.1, -0.05) is 12.1 Å². The van der Waals surface area contributed by atoms with Crippen LogP contribution in [-0.2, 0) is 9.59 Å². The van der Waals surface area contributed by atoms with Gasteiger partial charge in [0.1, 0.15) is 0 Å². The van der Waals surface area contributed by atoms with E-state index in [-0.39, 0.29) is 24.0 Å². The molecule has 1 atom stereocenters. The normalized spacial score (nSPS) is 16.3. The van der Waals surface area contributed by atoms with Crippen molar-refractivity contribution in [1.29, 1.82) is 0 Å². The molecule has 1 fully saturated rings. The van der Waals surface area contributed by atoms with Crippen molar-refractivity contribution in [2.24, 2.45) is 5.92 Å². The molecule has 0 aliphatic carbocycles. The molecular formula is C21H23N3O3. The molecule has 6 heteroatoms. The summed E-state index contributed by atoms with van der Waals surface area (Å²) in [5, 5.41) is 2.88. The van der Waals surface area contributed by atoms with Crippen LogP contribution in [0.2, 0.25) is 0 Å². The van der Waals surface area contributed by atoms with Crippen molar-refractivity contribution >= 4 is 34.7 Å². The molecule has 0 radical (unpaired) electrons. The molecular weight excluding hydrogens is 342 g/mol. The van der Waals surface area contributed by atoms with Gasteiger partial charge in [-0.25, -0.2) is 0 Å². The molecule has 1 saturated heterocycles. The second kappa shape index (κ2) is 7.61. The molecule has 0 saturated carbocycles. The number of carbonyl (C=O) groups excluding carboxylic acids is 3. The number of amides is 2. The van der Waals surface area contributed by atoms with Crippen molar-refractivity contribution in [2.45, 2.75) is 13.3 Å². The lowest BCUT2D eigenvalue weighted by Crippen LogP contribution is -2.28. The number of rotatable bonds is 5. The van der Waals surface area contributed by atoms with Crippen molar-refractivity contribution in [3.05, 3.63) is 54.1 Å². The highest BCUT2D eigenvalue weighted by molar-refractivity contribution is 6.04. The first-order valence-corrected chi connectivity index (χ1v) is 8.85. The molecule has 3 rings (SSSR count). The average molecular weight is 365 g/mol. The third-order valence-electron chi connectivity index (χ3n) is 4.71. The van der Waals surface area contributed by atoms with E-state index >= 15 is 0 Å². The van der Waals surface area contributed by atoms with Gasteiger partial charge in [0.15, 0.2) is 5.78 Å². The largest absolute Gasteiger partial charge is 0.378 e. The highest BCUT2D eigenvalue weighted by Gasteiger charge is 2.35. The molecule has 1 N–H and O–H groups in total. The maximum Gasteiger partial charge on any atom is 0.229 e. The maximum absolute atomic E-state index is 12.6. The van der Waals surface area contributed by atoms with E-state index in [2.05, 4.69) is 5.32 Å².